The summed E-state index contributed by atoms with van der Waals surface area (Å²) in [5.74, 6) is -0.763. The molecule has 1 amide bonds. The molecule has 6 nitrogen and oxygen atoms in total. The smallest absolute Gasteiger partial charge is 0.354 e. The fourth-order valence-corrected chi connectivity index (χ4v) is 3.92. The Bertz CT molecular complexity index is 968. The average Bonchev–Trinajstić information content (AvgIpc) is 3.49. The molecule has 1 aliphatic rings. The second kappa shape index (κ2) is 7.85. The van der Waals surface area contributed by atoms with Gasteiger partial charge in [0.25, 0.3) is 5.91 Å². The summed E-state index contributed by atoms with van der Waals surface area (Å²) < 4.78 is 6.56. The number of hydrogen-bond acceptors (Lipinski definition) is 4. The van der Waals surface area contributed by atoms with Crippen LogP contribution in [-0.4, -0.2) is 46.3 Å². The third-order valence-electron chi connectivity index (χ3n) is 5.83. The van der Waals surface area contributed by atoms with E-state index in [-0.39, 0.29) is 17.7 Å². The number of rotatable bonds is 6. The minimum atomic E-state index is -0.624. The molecule has 2 aromatic rings. The van der Waals surface area contributed by atoms with Crippen molar-refractivity contribution in [2.24, 2.45) is 7.05 Å². The molecule has 1 saturated carbocycles. The zero-order chi connectivity index (χ0) is 21.5. The first-order chi connectivity index (χ1) is 13.7. The zero-order valence-electron chi connectivity index (χ0n) is 17.9. The van der Waals surface area contributed by atoms with Gasteiger partial charge in [0, 0.05) is 29.9 Å². The van der Waals surface area contributed by atoms with Crippen LogP contribution in [0.4, 0.5) is 0 Å². The molecule has 0 radical (unpaired) electrons. The van der Waals surface area contributed by atoms with Gasteiger partial charge in [-0.05, 0) is 58.2 Å². The number of ketones is 1. The minimum absolute atomic E-state index is 0.0761. The molecule has 1 aromatic heterocycles. The van der Waals surface area contributed by atoms with Crippen LogP contribution in [0.15, 0.2) is 24.3 Å². The number of ether oxygens (including phenoxy) is 1. The van der Waals surface area contributed by atoms with Crippen molar-refractivity contribution in [2.45, 2.75) is 52.6 Å². The maximum Gasteiger partial charge on any atom is 0.354 e. The van der Waals surface area contributed by atoms with Crippen LogP contribution in [0.5, 0.6) is 0 Å². The summed E-state index contributed by atoms with van der Waals surface area (Å²) >= 11 is 0. The molecule has 1 heterocycles. The average molecular weight is 396 g/mol. The molecule has 6 heteroatoms. The van der Waals surface area contributed by atoms with Crippen molar-refractivity contribution in [3.63, 3.8) is 0 Å². The Labute approximate surface area is 171 Å². The van der Waals surface area contributed by atoms with Gasteiger partial charge in [-0.2, -0.15) is 0 Å². The summed E-state index contributed by atoms with van der Waals surface area (Å²) in [5.41, 5.74) is 3.80. The van der Waals surface area contributed by atoms with Crippen LogP contribution in [0.2, 0.25) is 0 Å². The number of Topliss-reactive ketones (excluding diaryl/α,β-unsaturated/α-hetero) is 1. The van der Waals surface area contributed by atoms with Crippen molar-refractivity contribution < 1.29 is 19.1 Å². The van der Waals surface area contributed by atoms with Gasteiger partial charge in [0.15, 0.2) is 5.78 Å². The molecule has 29 heavy (non-hydrogen) atoms. The van der Waals surface area contributed by atoms with E-state index in [1.165, 1.54) is 7.11 Å². The molecule has 0 N–H and O–H groups in total. The van der Waals surface area contributed by atoms with E-state index in [0.29, 0.717) is 28.1 Å². The fourth-order valence-electron chi connectivity index (χ4n) is 3.92. The Morgan fingerprint density at radius 2 is 1.69 bits per heavy atom. The highest BCUT2D eigenvalue weighted by Crippen LogP contribution is 2.32. The van der Waals surface area contributed by atoms with Crippen LogP contribution in [0.3, 0.4) is 0 Å². The van der Waals surface area contributed by atoms with Crippen LogP contribution < -0.4 is 0 Å². The van der Waals surface area contributed by atoms with Gasteiger partial charge < -0.3 is 14.2 Å². The van der Waals surface area contributed by atoms with E-state index in [2.05, 4.69) is 0 Å². The first-order valence-electron chi connectivity index (χ1n) is 9.86. The van der Waals surface area contributed by atoms with Crippen LogP contribution in [-0.2, 0) is 11.8 Å². The number of carbonyl (C=O) groups is 3. The number of aromatic nitrogens is 1. The second-order valence-corrected chi connectivity index (χ2v) is 7.83. The Balaban J connectivity index is 1.97. The van der Waals surface area contributed by atoms with Gasteiger partial charge >= 0.3 is 5.97 Å². The third-order valence-corrected chi connectivity index (χ3v) is 5.83. The first-order valence-corrected chi connectivity index (χ1v) is 9.86. The molecule has 0 bridgehead atoms. The van der Waals surface area contributed by atoms with Crippen molar-refractivity contribution in [1.82, 2.24) is 9.47 Å². The second-order valence-electron chi connectivity index (χ2n) is 7.83. The molecule has 1 aromatic carbocycles. The minimum Gasteiger partial charge on any atom is -0.464 e. The highest BCUT2D eigenvalue weighted by atomic mass is 16.5. The molecule has 3 rings (SSSR count). The van der Waals surface area contributed by atoms with Crippen LogP contribution in [0, 0.1) is 20.8 Å². The van der Waals surface area contributed by atoms with Crippen molar-refractivity contribution in [2.75, 3.05) is 7.11 Å². The quantitative estimate of drug-likeness (QED) is 0.552. The predicted molar refractivity (Wildman–Crippen MR) is 110 cm³/mol. The molecule has 154 valence electrons. The highest BCUT2D eigenvalue weighted by Gasteiger charge is 2.40. The van der Waals surface area contributed by atoms with E-state index in [1.54, 1.807) is 42.5 Å². The summed E-state index contributed by atoms with van der Waals surface area (Å²) in [6.07, 6.45) is 1.80. The van der Waals surface area contributed by atoms with Crippen LogP contribution >= 0.6 is 0 Å². The van der Waals surface area contributed by atoms with Crippen LogP contribution in [0.1, 0.15) is 67.8 Å². The topological polar surface area (TPSA) is 68.6 Å². The van der Waals surface area contributed by atoms with E-state index in [0.717, 1.165) is 18.4 Å². The number of amides is 1. The maximum atomic E-state index is 13.5. The molecule has 0 spiro atoms. The Kier molecular flexibility index (Phi) is 5.64. The first kappa shape index (κ1) is 20.8. The zero-order valence-corrected chi connectivity index (χ0v) is 17.9. The van der Waals surface area contributed by atoms with Gasteiger partial charge in [0.1, 0.15) is 5.69 Å². The fraction of sp³-hybridized carbons (Fsp3) is 0.435. The molecule has 1 fully saturated rings. The monoisotopic (exact) mass is 396 g/mol. The van der Waals surface area contributed by atoms with Gasteiger partial charge in [-0.3, -0.25) is 9.59 Å². The molecule has 0 aliphatic heterocycles. The van der Waals surface area contributed by atoms with E-state index in [9.17, 15) is 14.4 Å². The Hall–Kier alpha value is -2.89. The van der Waals surface area contributed by atoms with Crippen LogP contribution in [0.25, 0.3) is 0 Å². The molecule has 0 unspecified atom stereocenters. The predicted octanol–water partition coefficient (Wildman–Crippen LogP) is 3.61. The number of carbonyl (C=O) groups excluding carboxylic acids is 3. The van der Waals surface area contributed by atoms with E-state index in [1.807, 2.05) is 26.0 Å². The molecular formula is C23H28N2O4. The number of benzene rings is 1. The number of nitrogens with zero attached hydrogens (tertiary/aromatic N) is 2. The molecular weight excluding hydrogens is 368 g/mol. The van der Waals surface area contributed by atoms with E-state index < -0.39 is 12.0 Å². The number of aryl methyl sites for hydroxylation is 1. The summed E-state index contributed by atoms with van der Waals surface area (Å²) in [5, 5.41) is 0. The number of methoxy groups -OCH3 is 1. The summed E-state index contributed by atoms with van der Waals surface area (Å²) in [7, 11) is 3.06. The largest absolute Gasteiger partial charge is 0.464 e. The summed E-state index contributed by atoms with van der Waals surface area (Å²) in [6.45, 7) is 7.31. The molecule has 1 aliphatic carbocycles. The van der Waals surface area contributed by atoms with Gasteiger partial charge in [0.2, 0.25) is 0 Å². The standard InChI is InChI=1S/C23H28N2O4/c1-13-7-9-17(10-8-13)22(27)25(18-11-12-18)16(4)21(26)19-14(2)20(23(28)29-6)24(5)15(19)3/h7-10,16,18H,11-12H2,1-6H3/t16-/m0/s1. The maximum absolute atomic E-state index is 13.5. The van der Waals surface area contributed by atoms with Gasteiger partial charge in [0.05, 0.1) is 13.2 Å². The number of hydrogen-bond donors (Lipinski definition) is 0. The van der Waals surface area contributed by atoms with E-state index >= 15 is 0 Å². The van der Waals surface area contributed by atoms with Crippen molar-refractivity contribution >= 4 is 17.7 Å². The molecule has 1 atom stereocenters. The highest BCUT2D eigenvalue weighted by molar-refractivity contribution is 6.07. The summed E-state index contributed by atoms with van der Waals surface area (Å²) in [4.78, 5) is 40.5. The normalized spacial score (nSPS) is 14.4. The van der Waals surface area contributed by atoms with Gasteiger partial charge in [-0.25, -0.2) is 4.79 Å². The lowest BCUT2D eigenvalue weighted by molar-refractivity contribution is 0.0587. The third kappa shape index (κ3) is 3.71. The van der Waals surface area contributed by atoms with Gasteiger partial charge in [-0.1, -0.05) is 17.7 Å². The lowest BCUT2D eigenvalue weighted by Gasteiger charge is -2.29. The summed E-state index contributed by atoms with van der Waals surface area (Å²) in [6, 6.07) is 6.86. The lowest BCUT2D eigenvalue weighted by Crippen LogP contribution is -2.45. The van der Waals surface area contributed by atoms with Crippen molar-refractivity contribution in [3.8, 4) is 0 Å². The van der Waals surface area contributed by atoms with Crippen molar-refractivity contribution in [1.29, 1.82) is 0 Å². The Morgan fingerprint density at radius 1 is 1.10 bits per heavy atom. The van der Waals surface area contributed by atoms with Gasteiger partial charge in [-0.15, -0.1) is 0 Å². The SMILES string of the molecule is COC(=O)c1c(C)c(C(=O)[C@H](C)N(C(=O)c2ccc(C)cc2)C2CC2)c(C)n1C. The van der Waals surface area contributed by atoms with E-state index in [4.69, 9.17) is 4.74 Å². The Morgan fingerprint density at radius 3 is 2.21 bits per heavy atom. The molecule has 0 saturated heterocycles. The lowest BCUT2D eigenvalue weighted by atomic mass is 9.99. The number of esters is 1. The van der Waals surface area contributed by atoms with Crippen molar-refractivity contribution in [3.05, 3.63) is 57.9 Å².